The van der Waals surface area contributed by atoms with Crippen molar-refractivity contribution >= 4 is 108 Å². The molecule has 4 aliphatic carbocycles. The van der Waals surface area contributed by atoms with E-state index in [0.717, 1.165) is 59.1 Å². The average Bonchev–Trinajstić information content (AvgIpc) is 1.46. The summed E-state index contributed by atoms with van der Waals surface area (Å²) in [6, 6.07) is 18.3. The van der Waals surface area contributed by atoms with Crippen molar-refractivity contribution in [2.24, 2.45) is 33.3 Å². The number of thiazole rings is 1. The van der Waals surface area contributed by atoms with Crippen LogP contribution in [0.3, 0.4) is 0 Å². The number of amides is 9. The van der Waals surface area contributed by atoms with E-state index in [-0.39, 0.29) is 103 Å². The van der Waals surface area contributed by atoms with Crippen LogP contribution in [0.4, 0.5) is 26.2 Å². The smallest absolute Gasteiger partial charge is 0.410 e. The number of urea groups is 1. The highest BCUT2D eigenvalue weighted by molar-refractivity contribution is 7.85. The second kappa shape index (κ2) is 33.7. The van der Waals surface area contributed by atoms with Gasteiger partial charge in [0.1, 0.15) is 36.8 Å². The Morgan fingerprint density at radius 2 is 1.55 bits per heavy atom. The number of carbonyl (C=O) groups is 10. The SMILES string of the molecule is Cc1c(-c2ccc(N3CCc4cccc(C(=O)Nc5nc6ccccc6s5)c4C3)nc2C(=O)O)cnn1CC12CC3(OCCN(CCS(=O)(=O)O)C(=O)OCc4ccc(NC(=O)[C@H](CCCNC(N)=O)NC(=O)[C@@H](NC(=O)[C@H](CCC(=O)O)NC(=O)CCCCCN5C(=O)C=CC5O)C(C)C)cc4)CC4(C)CC(C)(C1)C4(C2)C3. The minimum atomic E-state index is -4.55. The van der Waals surface area contributed by atoms with E-state index in [0.29, 0.717) is 84.9 Å². The van der Waals surface area contributed by atoms with Crippen molar-refractivity contribution in [3.8, 4) is 11.1 Å². The van der Waals surface area contributed by atoms with E-state index >= 15 is 0 Å². The first kappa shape index (κ1) is 82.0. The Hall–Kier alpha value is -10.4. The van der Waals surface area contributed by atoms with Crippen molar-refractivity contribution in [1.29, 1.82) is 0 Å². The van der Waals surface area contributed by atoms with E-state index < -0.39 is 112 Å². The van der Waals surface area contributed by atoms with Crippen molar-refractivity contribution in [1.82, 2.24) is 50.8 Å². The van der Waals surface area contributed by atoms with E-state index in [1.807, 2.05) is 59.0 Å². The summed E-state index contributed by atoms with van der Waals surface area (Å²) in [7, 11) is -4.55. The normalized spacial score (nSPS) is 22.5. The number of nitrogens with zero attached hydrogens (tertiary/aromatic N) is 7. The predicted octanol–water partition coefficient (Wildman–Crippen LogP) is 7.68. The molecular weight excluding hydrogens is 1500 g/mol. The van der Waals surface area contributed by atoms with Gasteiger partial charge in [0.25, 0.3) is 16.0 Å². The Morgan fingerprint density at radius 1 is 0.788 bits per heavy atom. The average molecular weight is 1600 g/mol. The maximum absolute atomic E-state index is 14.1. The molecule has 6 aliphatic rings. The number of aliphatic hydroxyl groups is 1. The summed E-state index contributed by atoms with van der Waals surface area (Å²) >= 11 is 1.39. The molecule has 604 valence electrons. The number of nitrogens with one attached hydrogen (secondary N) is 6. The van der Waals surface area contributed by atoms with Crippen LogP contribution in [0.1, 0.15) is 161 Å². The highest BCUT2D eigenvalue weighted by Gasteiger charge is 2.84. The lowest BCUT2D eigenvalue weighted by molar-refractivity contribution is -0.158. The van der Waals surface area contributed by atoms with E-state index in [9.17, 15) is 76.2 Å². The van der Waals surface area contributed by atoms with E-state index in [4.69, 9.17) is 25.3 Å². The topological polar surface area (TPSA) is 456 Å². The standard InChI is InChI=1S/C79H98N14O18S2/c1-47(2)65(88-69(101)58(24-28-64(97)98)84-61(94)18-7-6-10-31-92-62(95)26-27-63(92)96)70(102)85-57(16-12-30-81-72(80)105)68(100)83-51-21-19-49(20-22-51)39-110-74(106)90(34-36-113(107,108)109)33-35-111-78-42-76(5)40-75(4)41-77(43-78,44-79(75,76)45-78)46-93-48(3)54(37-82-93)52-23-25-60(87-66(52)71(103)104)91-32-29-50-13-11-14-53(55(50)38-91)67(99)89-73-86-56-15-8-9-17-59(56)112-73/h8-9,11,13-15,17,19-23,25-27,37,47,57-58,62,65,95H,6-7,10,12,16,18,24,28-36,38-46H2,1-5H3,(H,83,100)(H,84,94)(H,85,102)(H,88,101)(H,97,98)(H,103,104)(H3,80,81,105)(H,86,89,99)(H,107,108,109)/t57-,58-,62?,65-,75?,76?,77?,78?,79?/m0/s1. The van der Waals surface area contributed by atoms with Gasteiger partial charge in [-0.3, -0.25) is 48.1 Å². The molecule has 113 heavy (non-hydrogen) atoms. The van der Waals surface area contributed by atoms with Gasteiger partial charge in [-0.25, -0.2) is 24.4 Å². The van der Waals surface area contributed by atoms with Gasteiger partial charge < -0.3 is 71.8 Å². The summed E-state index contributed by atoms with van der Waals surface area (Å²) in [5.41, 5.74) is 9.78. The molecule has 4 saturated carbocycles. The fourth-order valence-corrected chi connectivity index (χ4v) is 20.1. The number of aliphatic carboxylic acids is 1. The molecule has 34 heteroatoms. The summed E-state index contributed by atoms with van der Waals surface area (Å²) < 4.78 is 50.0. The number of benzene rings is 3. The molecule has 6 unspecified atom stereocenters. The minimum absolute atomic E-state index is 0.00213. The zero-order chi connectivity index (χ0) is 81.0. The van der Waals surface area contributed by atoms with Gasteiger partial charge >= 0.3 is 24.1 Å². The number of anilines is 3. The number of fused-ring (bicyclic) bond motifs is 4. The van der Waals surface area contributed by atoms with Crippen LogP contribution < -0.4 is 42.5 Å². The second-order valence-electron chi connectivity index (χ2n) is 31.9. The summed E-state index contributed by atoms with van der Waals surface area (Å²) in [6.45, 7) is 10.8. The number of carbonyl (C=O) groups excluding carboxylic acids is 8. The number of primary amides is 1. The third kappa shape index (κ3) is 18.5. The number of aromatic nitrogens is 4. The first-order chi connectivity index (χ1) is 53.7. The summed E-state index contributed by atoms with van der Waals surface area (Å²) in [5, 5.41) is 51.7. The quantitative estimate of drug-likeness (QED) is 0.0131. The minimum Gasteiger partial charge on any atom is -0.481 e. The zero-order valence-electron chi connectivity index (χ0n) is 63.8. The molecule has 12 N–H and O–H groups in total. The molecule has 32 nitrogen and oxygen atoms in total. The van der Waals surface area contributed by atoms with Crippen molar-refractivity contribution in [3.63, 3.8) is 0 Å². The number of ether oxygens (including phenoxy) is 2. The Bertz CT molecular complexity index is 4790. The number of carboxylic acid groups (broad SMARTS) is 2. The van der Waals surface area contributed by atoms with Gasteiger partial charge in [-0.15, -0.1) is 0 Å². The number of pyridine rings is 1. The lowest BCUT2D eigenvalue weighted by Gasteiger charge is -2.64. The van der Waals surface area contributed by atoms with Gasteiger partial charge in [0, 0.05) is 92.8 Å². The Balaban J connectivity index is 0.659. The molecule has 9 atom stereocenters. The van der Waals surface area contributed by atoms with Gasteiger partial charge in [-0.05, 0) is 177 Å². The number of aliphatic hydroxyl groups excluding tert-OH is 1. The van der Waals surface area contributed by atoms with Crippen LogP contribution >= 0.6 is 11.3 Å². The maximum Gasteiger partial charge on any atom is 0.410 e. The molecule has 6 aromatic rings. The van der Waals surface area contributed by atoms with Crippen molar-refractivity contribution in [3.05, 3.63) is 131 Å². The van der Waals surface area contributed by atoms with Gasteiger partial charge in [-0.2, -0.15) is 13.5 Å². The number of carboxylic acids is 2. The largest absolute Gasteiger partial charge is 0.481 e. The van der Waals surface area contributed by atoms with Gasteiger partial charge in [-0.1, -0.05) is 81.9 Å². The third-order valence-corrected chi connectivity index (χ3v) is 25.2. The molecule has 2 aliphatic heterocycles. The highest BCUT2D eigenvalue weighted by Crippen LogP contribution is 2.90. The van der Waals surface area contributed by atoms with Crippen LogP contribution in [0, 0.1) is 34.5 Å². The molecule has 3 aromatic heterocycles. The maximum atomic E-state index is 14.1. The number of nitrogens with two attached hydrogens (primary N) is 1. The Morgan fingerprint density at radius 3 is 2.27 bits per heavy atom. The van der Waals surface area contributed by atoms with Gasteiger partial charge in [0.2, 0.25) is 29.5 Å². The summed E-state index contributed by atoms with van der Waals surface area (Å²) in [4.78, 5) is 145. The molecule has 3 bridgehead atoms. The Labute approximate surface area is 657 Å². The fraction of sp³-hybridized carbons (Fsp3) is 0.506. The fourth-order valence-electron chi connectivity index (χ4n) is 18.7. The van der Waals surface area contributed by atoms with Crippen molar-refractivity contribution in [2.75, 3.05) is 60.6 Å². The third-order valence-electron chi connectivity index (χ3n) is 23.6. The van der Waals surface area contributed by atoms with Crippen LogP contribution in [0.5, 0.6) is 0 Å². The van der Waals surface area contributed by atoms with Gasteiger partial charge in [0.05, 0.1) is 34.4 Å². The number of hydrogen-bond acceptors (Lipinski definition) is 20. The van der Waals surface area contributed by atoms with Crippen molar-refractivity contribution in [2.45, 2.75) is 181 Å². The van der Waals surface area contributed by atoms with Crippen LogP contribution in [-0.4, -0.2) is 192 Å². The molecular formula is C79H98N14O18S2. The van der Waals surface area contributed by atoms with E-state index in [1.165, 1.54) is 45.4 Å². The molecule has 9 amide bonds. The number of para-hydroxylation sites is 1. The zero-order valence-corrected chi connectivity index (χ0v) is 65.5. The van der Waals surface area contributed by atoms with Crippen LogP contribution in [0.2, 0.25) is 0 Å². The molecule has 5 heterocycles. The highest BCUT2D eigenvalue weighted by atomic mass is 32.2. The molecule has 0 saturated heterocycles. The molecule has 0 radical (unpaired) electrons. The summed E-state index contributed by atoms with van der Waals surface area (Å²) in [6.07, 6.45) is 8.70. The number of unbranched alkanes of at least 4 members (excludes halogenated alkanes) is 2. The molecule has 4 fully saturated rings. The van der Waals surface area contributed by atoms with Crippen LogP contribution in [-0.2, 0) is 74.5 Å². The van der Waals surface area contributed by atoms with E-state index in [1.54, 1.807) is 44.3 Å². The van der Waals surface area contributed by atoms with E-state index in [2.05, 4.69) is 50.7 Å². The number of rotatable bonds is 37. The van der Waals surface area contributed by atoms with Crippen LogP contribution in [0.25, 0.3) is 21.3 Å². The van der Waals surface area contributed by atoms with Crippen LogP contribution in [0.15, 0.2) is 97.2 Å². The second-order valence-corrected chi connectivity index (χ2v) is 34.5. The Kier molecular flexibility index (Phi) is 24.5. The molecule has 3 aromatic carbocycles. The molecule has 12 rings (SSSR count). The number of aromatic carboxylic acids is 1. The number of hydrogen-bond donors (Lipinski definition) is 11. The summed E-state index contributed by atoms with van der Waals surface area (Å²) in [5.74, 6) is -6.86. The monoisotopic (exact) mass is 1590 g/mol. The first-order valence-corrected chi connectivity index (χ1v) is 40.6. The molecule has 1 spiro atoms. The van der Waals surface area contributed by atoms with Crippen molar-refractivity contribution < 1.29 is 85.7 Å². The lowest BCUT2D eigenvalue weighted by atomic mass is 9.40. The lowest BCUT2D eigenvalue weighted by Crippen LogP contribution is -2.57. The van der Waals surface area contributed by atoms with Gasteiger partial charge in [0.15, 0.2) is 10.8 Å². The first-order valence-electron chi connectivity index (χ1n) is 38.2. The predicted molar refractivity (Wildman–Crippen MR) is 416 cm³/mol.